The summed E-state index contributed by atoms with van der Waals surface area (Å²) in [6.07, 6.45) is 3.61. The number of anilines is 1. The summed E-state index contributed by atoms with van der Waals surface area (Å²) in [6.45, 7) is 5.68. The Morgan fingerprint density at radius 3 is 2.41 bits per heavy atom. The van der Waals surface area contributed by atoms with Crippen LogP contribution in [-0.2, 0) is 17.8 Å². The molecule has 0 fully saturated rings. The summed E-state index contributed by atoms with van der Waals surface area (Å²) in [5.41, 5.74) is 4.47. The number of hydrogen-bond acceptors (Lipinski definition) is 6. The van der Waals surface area contributed by atoms with E-state index in [1.165, 1.54) is 12.1 Å². The van der Waals surface area contributed by atoms with Crippen LogP contribution in [0.5, 0.6) is 0 Å². The van der Waals surface area contributed by atoms with E-state index >= 15 is 0 Å². The van der Waals surface area contributed by atoms with E-state index in [4.69, 9.17) is 0 Å². The first-order chi connectivity index (χ1) is 17.7. The first kappa shape index (κ1) is 25.5. The Morgan fingerprint density at radius 2 is 1.76 bits per heavy atom. The average molecular weight is 503 g/mol. The maximum Gasteiger partial charge on any atom is 0.326 e. The third kappa shape index (κ3) is 6.35. The van der Waals surface area contributed by atoms with Crippen molar-refractivity contribution in [2.24, 2.45) is 0 Å². The molecular formula is C27H27FN6O3. The van der Waals surface area contributed by atoms with Crippen LogP contribution in [0.25, 0.3) is 5.69 Å². The number of aliphatic carboxylic acids is 1. The molecule has 1 atom stereocenters. The maximum absolute atomic E-state index is 13.6. The molecule has 9 nitrogen and oxygen atoms in total. The van der Waals surface area contributed by atoms with Gasteiger partial charge in [-0.3, -0.25) is 4.79 Å². The Bertz CT molecular complexity index is 1410. The molecule has 0 aliphatic rings. The van der Waals surface area contributed by atoms with Crippen LogP contribution in [0.2, 0.25) is 0 Å². The average Bonchev–Trinajstić information content (AvgIpc) is 3.31. The van der Waals surface area contributed by atoms with Crippen molar-refractivity contribution >= 4 is 17.7 Å². The summed E-state index contributed by atoms with van der Waals surface area (Å²) in [7, 11) is 0. The molecule has 2 aromatic heterocycles. The van der Waals surface area contributed by atoms with Gasteiger partial charge in [-0.05, 0) is 79.4 Å². The zero-order valence-corrected chi connectivity index (χ0v) is 20.7. The minimum absolute atomic E-state index is 0.0800. The number of amides is 1. The zero-order chi connectivity index (χ0) is 26.5. The number of carboxylic acids is 1. The number of halogens is 1. The molecule has 0 aliphatic carbocycles. The topological polar surface area (TPSA) is 122 Å². The van der Waals surface area contributed by atoms with E-state index in [1.807, 2.05) is 19.1 Å². The lowest BCUT2D eigenvalue weighted by molar-refractivity contribution is -0.139. The summed E-state index contributed by atoms with van der Waals surface area (Å²) in [6, 6.07) is 12.4. The van der Waals surface area contributed by atoms with Crippen LogP contribution in [0.15, 0.2) is 60.9 Å². The fraction of sp³-hybridized carbons (Fsp3) is 0.222. The van der Waals surface area contributed by atoms with Crippen LogP contribution in [0, 0.1) is 26.6 Å². The van der Waals surface area contributed by atoms with Crippen molar-refractivity contribution in [2.75, 3.05) is 5.32 Å². The van der Waals surface area contributed by atoms with Gasteiger partial charge in [0.05, 0.1) is 18.4 Å². The van der Waals surface area contributed by atoms with Crippen molar-refractivity contribution < 1.29 is 19.1 Å². The number of carbonyl (C=O) groups excluding carboxylic acids is 1. The Hall–Kier alpha value is -4.60. The van der Waals surface area contributed by atoms with Gasteiger partial charge in [-0.25, -0.2) is 18.9 Å². The van der Waals surface area contributed by atoms with Gasteiger partial charge in [0.2, 0.25) is 0 Å². The molecule has 0 bridgehead atoms. The van der Waals surface area contributed by atoms with Crippen LogP contribution in [-0.4, -0.2) is 43.0 Å². The highest BCUT2D eigenvalue weighted by Crippen LogP contribution is 2.17. The fourth-order valence-corrected chi connectivity index (χ4v) is 4.04. The van der Waals surface area contributed by atoms with E-state index in [-0.39, 0.29) is 12.0 Å². The number of nitrogens with one attached hydrogen (secondary N) is 2. The van der Waals surface area contributed by atoms with Crippen LogP contribution >= 0.6 is 0 Å². The van der Waals surface area contributed by atoms with Crippen LogP contribution in [0.4, 0.5) is 10.2 Å². The molecule has 2 aromatic carbocycles. The molecule has 190 valence electrons. The number of aryl methyl sites for hydroxylation is 3. The van der Waals surface area contributed by atoms with Gasteiger partial charge < -0.3 is 15.7 Å². The Morgan fingerprint density at radius 1 is 1.05 bits per heavy atom. The fourth-order valence-electron chi connectivity index (χ4n) is 4.04. The van der Waals surface area contributed by atoms with Gasteiger partial charge in [0, 0.05) is 18.2 Å². The van der Waals surface area contributed by atoms with Gasteiger partial charge in [-0.15, -0.1) is 5.10 Å². The summed E-state index contributed by atoms with van der Waals surface area (Å²) < 4.78 is 15.2. The largest absolute Gasteiger partial charge is 0.480 e. The maximum atomic E-state index is 13.6. The molecule has 1 unspecified atom stereocenters. The molecule has 3 N–H and O–H groups in total. The summed E-state index contributed by atoms with van der Waals surface area (Å²) in [4.78, 5) is 28.9. The molecule has 0 spiro atoms. The smallest absolute Gasteiger partial charge is 0.326 e. The van der Waals surface area contributed by atoms with Gasteiger partial charge >= 0.3 is 5.97 Å². The summed E-state index contributed by atoms with van der Waals surface area (Å²) >= 11 is 0. The Balaban J connectivity index is 1.40. The lowest BCUT2D eigenvalue weighted by Gasteiger charge is -2.17. The number of pyridine rings is 1. The molecule has 0 saturated carbocycles. The summed E-state index contributed by atoms with van der Waals surface area (Å²) in [5.74, 6) is -1.40. The number of benzene rings is 2. The number of carbonyl (C=O) groups is 2. The molecule has 0 saturated heterocycles. The monoisotopic (exact) mass is 502 g/mol. The molecule has 0 radical (unpaired) electrons. The van der Waals surface area contributed by atoms with Gasteiger partial charge in [0.25, 0.3) is 5.91 Å². The molecule has 4 rings (SSSR count). The quantitative estimate of drug-likeness (QED) is 0.319. The van der Waals surface area contributed by atoms with Crippen LogP contribution in [0.1, 0.15) is 38.3 Å². The van der Waals surface area contributed by atoms with Gasteiger partial charge in [-0.2, -0.15) is 0 Å². The van der Waals surface area contributed by atoms with Gasteiger partial charge in [0.1, 0.15) is 23.4 Å². The van der Waals surface area contributed by atoms with E-state index in [1.54, 1.807) is 55.2 Å². The van der Waals surface area contributed by atoms with E-state index in [9.17, 15) is 19.1 Å². The van der Waals surface area contributed by atoms with Crippen LogP contribution in [0.3, 0.4) is 0 Å². The molecule has 4 aromatic rings. The normalized spacial score (nSPS) is 11.7. The second-order valence-electron chi connectivity index (χ2n) is 8.88. The van der Waals surface area contributed by atoms with E-state index in [0.717, 1.165) is 28.3 Å². The van der Waals surface area contributed by atoms with E-state index in [2.05, 4.69) is 25.9 Å². The molecule has 2 heterocycles. The third-order valence-corrected chi connectivity index (χ3v) is 5.88. The van der Waals surface area contributed by atoms with Crippen molar-refractivity contribution in [1.82, 2.24) is 25.3 Å². The second kappa shape index (κ2) is 11.0. The third-order valence-electron chi connectivity index (χ3n) is 5.88. The molecular weight excluding hydrogens is 475 g/mol. The number of nitrogens with zero attached hydrogens (tertiary/aromatic N) is 4. The predicted octanol–water partition coefficient (Wildman–Crippen LogP) is 3.76. The summed E-state index contributed by atoms with van der Waals surface area (Å²) in [5, 5.41) is 23.8. The van der Waals surface area contributed by atoms with Crippen molar-refractivity contribution in [3.05, 3.63) is 100 Å². The standard InChI is InChI=1S/C27H27FN6O3/c1-16-8-9-29-24(10-16)30-14-21-15-34(33-32-21)22-6-4-19(5-7-22)13-23(27(36)37)31-26(35)25-17(2)11-20(28)12-18(25)3/h4-12,15,23H,13-14H2,1-3H3,(H,29,30)(H,31,35)(H,36,37). The van der Waals surface area contributed by atoms with E-state index < -0.39 is 23.7 Å². The minimum Gasteiger partial charge on any atom is -0.480 e. The SMILES string of the molecule is Cc1ccnc(NCc2cn(-c3ccc(CC(NC(=O)c4c(C)cc(F)cc4C)C(=O)O)cc3)nn2)c1. The highest BCUT2D eigenvalue weighted by atomic mass is 19.1. The van der Waals surface area contributed by atoms with Gasteiger partial charge in [0.15, 0.2) is 0 Å². The number of aromatic nitrogens is 4. The Kier molecular flexibility index (Phi) is 7.57. The molecule has 10 heteroatoms. The second-order valence-corrected chi connectivity index (χ2v) is 8.88. The molecule has 1 amide bonds. The van der Waals surface area contributed by atoms with Gasteiger partial charge in [-0.1, -0.05) is 17.3 Å². The zero-order valence-electron chi connectivity index (χ0n) is 20.7. The predicted molar refractivity (Wildman–Crippen MR) is 136 cm³/mol. The van der Waals surface area contributed by atoms with Crippen molar-refractivity contribution in [2.45, 2.75) is 39.8 Å². The Labute approximate surface area is 213 Å². The van der Waals surface area contributed by atoms with Crippen molar-refractivity contribution in [3.8, 4) is 5.69 Å². The highest BCUT2D eigenvalue weighted by molar-refractivity contribution is 5.99. The lowest BCUT2D eigenvalue weighted by atomic mass is 10.0. The lowest BCUT2D eigenvalue weighted by Crippen LogP contribution is -2.42. The molecule has 0 aliphatic heterocycles. The first-order valence-electron chi connectivity index (χ1n) is 11.7. The van der Waals surface area contributed by atoms with Crippen LogP contribution < -0.4 is 10.6 Å². The van der Waals surface area contributed by atoms with Crippen molar-refractivity contribution in [3.63, 3.8) is 0 Å². The molecule has 37 heavy (non-hydrogen) atoms. The number of hydrogen-bond donors (Lipinski definition) is 3. The minimum atomic E-state index is -1.16. The van der Waals surface area contributed by atoms with Crippen molar-refractivity contribution in [1.29, 1.82) is 0 Å². The van der Waals surface area contributed by atoms with E-state index in [0.29, 0.717) is 17.7 Å². The number of rotatable bonds is 9. The first-order valence-corrected chi connectivity index (χ1v) is 11.7. The highest BCUT2D eigenvalue weighted by Gasteiger charge is 2.23. The number of carboxylic acid groups (broad SMARTS) is 1.